The molecule has 0 aliphatic heterocycles. The van der Waals surface area contributed by atoms with Gasteiger partial charge in [0, 0.05) is 24.1 Å². The van der Waals surface area contributed by atoms with Gasteiger partial charge in [-0.05, 0) is 36.5 Å². The third kappa shape index (κ3) is 8.57. The molecular weight excluding hydrogens is 340 g/mol. The highest BCUT2D eigenvalue weighted by molar-refractivity contribution is 5.94. The minimum Gasteiger partial charge on any atom is -0.378 e. The lowest BCUT2D eigenvalue weighted by molar-refractivity contribution is -0.130. The monoisotopic (exact) mass is 376 g/mol. The highest BCUT2D eigenvalue weighted by Gasteiger charge is 2.28. The topological polar surface area (TPSA) is 67.4 Å². The van der Waals surface area contributed by atoms with Crippen LogP contribution in [0.2, 0.25) is 0 Å². The first-order valence-corrected chi connectivity index (χ1v) is 10.0. The second-order valence-electron chi connectivity index (χ2n) is 7.78. The van der Waals surface area contributed by atoms with E-state index in [1.807, 2.05) is 38.1 Å². The molecule has 0 spiro atoms. The SMILES string of the molecule is CCc1ccc(C(=O)NCCOCCNC(=O)C(C)(C)CC(C)CC)cc1. The van der Waals surface area contributed by atoms with Crippen molar-refractivity contribution in [1.82, 2.24) is 10.6 Å². The van der Waals surface area contributed by atoms with E-state index in [9.17, 15) is 9.59 Å². The van der Waals surface area contributed by atoms with Crippen LogP contribution in [0.4, 0.5) is 0 Å². The molecule has 0 saturated carbocycles. The fraction of sp³-hybridized carbons (Fsp3) is 0.636. The van der Waals surface area contributed by atoms with Crippen LogP contribution in [-0.4, -0.2) is 38.1 Å². The van der Waals surface area contributed by atoms with Crippen LogP contribution in [0, 0.1) is 11.3 Å². The van der Waals surface area contributed by atoms with Gasteiger partial charge in [0.15, 0.2) is 0 Å². The molecule has 5 heteroatoms. The molecule has 5 nitrogen and oxygen atoms in total. The fourth-order valence-corrected chi connectivity index (χ4v) is 2.92. The van der Waals surface area contributed by atoms with Gasteiger partial charge in [0.05, 0.1) is 13.2 Å². The summed E-state index contributed by atoms with van der Waals surface area (Å²) in [5, 5.41) is 5.77. The summed E-state index contributed by atoms with van der Waals surface area (Å²) < 4.78 is 5.49. The normalized spacial score (nSPS) is 12.5. The van der Waals surface area contributed by atoms with Gasteiger partial charge in [-0.15, -0.1) is 0 Å². The fourth-order valence-electron chi connectivity index (χ4n) is 2.92. The van der Waals surface area contributed by atoms with Gasteiger partial charge in [0.25, 0.3) is 5.91 Å². The number of carbonyl (C=O) groups excluding carboxylic acids is 2. The summed E-state index contributed by atoms with van der Waals surface area (Å²) >= 11 is 0. The van der Waals surface area contributed by atoms with E-state index in [4.69, 9.17) is 4.74 Å². The third-order valence-electron chi connectivity index (χ3n) is 4.86. The zero-order valence-corrected chi connectivity index (χ0v) is 17.6. The summed E-state index contributed by atoms with van der Waals surface area (Å²) in [7, 11) is 0. The minimum absolute atomic E-state index is 0.0650. The highest BCUT2D eigenvalue weighted by atomic mass is 16.5. The molecule has 2 amide bonds. The molecule has 1 atom stereocenters. The van der Waals surface area contributed by atoms with Gasteiger partial charge in [0.2, 0.25) is 5.91 Å². The number of carbonyl (C=O) groups is 2. The lowest BCUT2D eigenvalue weighted by atomic mass is 9.81. The third-order valence-corrected chi connectivity index (χ3v) is 4.86. The van der Waals surface area contributed by atoms with Crippen molar-refractivity contribution in [2.24, 2.45) is 11.3 Å². The van der Waals surface area contributed by atoms with Crippen molar-refractivity contribution in [3.05, 3.63) is 35.4 Å². The number of hydrogen-bond acceptors (Lipinski definition) is 3. The smallest absolute Gasteiger partial charge is 0.251 e. The number of benzene rings is 1. The molecule has 0 saturated heterocycles. The Morgan fingerprint density at radius 2 is 1.63 bits per heavy atom. The maximum atomic E-state index is 12.3. The number of rotatable bonds is 12. The maximum absolute atomic E-state index is 12.3. The molecular formula is C22H36N2O3. The van der Waals surface area contributed by atoms with Crippen molar-refractivity contribution in [1.29, 1.82) is 0 Å². The molecule has 152 valence electrons. The molecule has 1 aromatic carbocycles. The number of ether oxygens (including phenoxy) is 1. The molecule has 0 fully saturated rings. The Bertz CT molecular complexity index is 582. The summed E-state index contributed by atoms with van der Waals surface area (Å²) in [6.45, 7) is 12.2. The first kappa shape index (κ1) is 23.2. The molecule has 0 radical (unpaired) electrons. The van der Waals surface area contributed by atoms with Crippen LogP contribution in [-0.2, 0) is 16.0 Å². The van der Waals surface area contributed by atoms with Crippen molar-refractivity contribution >= 4 is 11.8 Å². The standard InChI is InChI=1S/C22H36N2O3/c1-6-17(3)16-22(4,5)21(26)24-13-15-27-14-12-23-20(25)19-10-8-18(7-2)9-11-19/h8-11,17H,6-7,12-16H2,1-5H3,(H,23,25)(H,24,26). The molecule has 1 rings (SSSR count). The van der Waals surface area contributed by atoms with Crippen molar-refractivity contribution < 1.29 is 14.3 Å². The van der Waals surface area contributed by atoms with E-state index < -0.39 is 0 Å². The van der Waals surface area contributed by atoms with Crippen molar-refractivity contribution in [2.75, 3.05) is 26.3 Å². The predicted molar refractivity (Wildman–Crippen MR) is 110 cm³/mol. The van der Waals surface area contributed by atoms with Crippen molar-refractivity contribution in [2.45, 2.75) is 53.9 Å². The second-order valence-corrected chi connectivity index (χ2v) is 7.78. The van der Waals surface area contributed by atoms with Crippen LogP contribution in [0.1, 0.15) is 63.4 Å². The van der Waals surface area contributed by atoms with Crippen LogP contribution in [0.3, 0.4) is 0 Å². The van der Waals surface area contributed by atoms with Gasteiger partial charge in [-0.2, -0.15) is 0 Å². The quantitative estimate of drug-likeness (QED) is 0.548. The molecule has 0 heterocycles. The molecule has 1 unspecified atom stereocenters. The lowest BCUT2D eigenvalue weighted by Crippen LogP contribution is -2.39. The molecule has 1 aromatic rings. The predicted octanol–water partition coefficient (Wildman–Crippen LogP) is 3.57. The largest absolute Gasteiger partial charge is 0.378 e. The van der Waals surface area contributed by atoms with Gasteiger partial charge in [-0.3, -0.25) is 9.59 Å². The Morgan fingerprint density at radius 1 is 1.04 bits per heavy atom. The van der Waals surface area contributed by atoms with E-state index in [0.29, 0.717) is 37.8 Å². The Balaban J connectivity index is 2.16. The highest BCUT2D eigenvalue weighted by Crippen LogP contribution is 2.26. The van der Waals surface area contributed by atoms with Crippen molar-refractivity contribution in [3.63, 3.8) is 0 Å². The Morgan fingerprint density at radius 3 is 2.19 bits per heavy atom. The second kappa shape index (κ2) is 11.8. The maximum Gasteiger partial charge on any atom is 0.251 e. The Hall–Kier alpha value is -1.88. The van der Waals surface area contributed by atoms with Gasteiger partial charge < -0.3 is 15.4 Å². The first-order chi connectivity index (χ1) is 12.8. The summed E-state index contributed by atoms with van der Waals surface area (Å²) in [5.74, 6) is 0.500. The number of aryl methyl sites for hydroxylation is 1. The van der Waals surface area contributed by atoms with Gasteiger partial charge in [0.1, 0.15) is 0 Å². The molecule has 0 bridgehead atoms. The van der Waals surface area contributed by atoms with E-state index in [-0.39, 0.29) is 17.2 Å². The zero-order chi connectivity index (χ0) is 20.3. The molecule has 2 N–H and O–H groups in total. The van der Waals surface area contributed by atoms with E-state index in [1.54, 1.807) is 0 Å². The van der Waals surface area contributed by atoms with E-state index in [2.05, 4.69) is 31.4 Å². The summed E-state index contributed by atoms with van der Waals surface area (Å²) in [4.78, 5) is 24.3. The molecule has 0 aliphatic carbocycles. The van der Waals surface area contributed by atoms with Crippen LogP contribution in [0.15, 0.2) is 24.3 Å². The van der Waals surface area contributed by atoms with E-state index in [1.165, 1.54) is 5.56 Å². The van der Waals surface area contributed by atoms with Crippen LogP contribution in [0.25, 0.3) is 0 Å². The first-order valence-electron chi connectivity index (χ1n) is 10.0. The van der Waals surface area contributed by atoms with Gasteiger partial charge >= 0.3 is 0 Å². The zero-order valence-electron chi connectivity index (χ0n) is 17.6. The molecule has 0 aromatic heterocycles. The Labute approximate surface area is 164 Å². The van der Waals surface area contributed by atoms with Crippen LogP contribution >= 0.6 is 0 Å². The number of amides is 2. The van der Waals surface area contributed by atoms with Crippen LogP contribution in [0.5, 0.6) is 0 Å². The summed E-state index contributed by atoms with van der Waals surface area (Å²) in [6.07, 6.45) is 2.91. The summed E-state index contributed by atoms with van der Waals surface area (Å²) in [6, 6.07) is 7.62. The van der Waals surface area contributed by atoms with Crippen molar-refractivity contribution in [3.8, 4) is 0 Å². The average molecular weight is 377 g/mol. The van der Waals surface area contributed by atoms with Gasteiger partial charge in [-0.25, -0.2) is 0 Å². The van der Waals surface area contributed by atoms with Gasteiger partial charge in [-0.1, -0.05) is 53.2 Å². The average Bonchev–Trinajstić information content (AvgIpc) is 2.66. The number of hydrogen-bond donors (Lipinski definition) is 2. The number of nitrogens with one attached hydrogen (secondary N) is 2. The molecule has 0 aliphatic rings. The lowest BCUT2D eigenvalue weighted by Gasteiger charge is -2.26. The van der Waals surface area contributed by atoms with E-state index >= 15 is 0 Å². The minimum atomic E-state index is -0.364. The van der Waals surface area contributed by atoms with E-state index in [0.717, 1.165) is 19.3 Å². The molecule has 27 heavy (non-hydrogen) atoms. The Kier molecular flexibility index (Phi) is 10.1. The van der Waals surface area contributed by atoms with Crippen LogP contribution < -0.4 is 10.6 Å². The summed E-state index contributed by atoms with van der Waals surface area (Å²) in [5.41, 5.74) is 1.50.